The lowest BCUT2D eigenvalue weighted by Gasteiger charge is -2.04. The first-order valence-electron chi connectivity index (χ1n) is 5.27. The van der Waals surface area contributed by atoms with Crippen molar-refractivity contribution in [2.75, 3.05) is 5.73 Å². The van der Waals surface area contributed by atoms with Crippen LogP contribution in [0.2, 0.25) is 0 Å². The van der Waals surface area contributed by atoms with Crippen LogP contribution in [0.15, 0.2) is 30.7 Å². The molecule has 5 nitrogen and oxygen atoms in total. The maximum atomic E-state index is 6.04. The molecule has 0 aliphatic rings. The van der Waals surface area contributed by atoms with E-state index in [2.05, 4.69) is 19.9 Å². The Morgan fingerprint density at radius 2 is 2.18 bits per heavy atom. The molecule has 0 bridgehead atoms. The molecule has 1 aromatic carbocycles. The summed E-state index contributed by atoms with van der Waals surface area (Å²) in [7, 11) is 0. The molecular formula is C12H11N5. The predicted octanol–water partition coefficient (Wildman–Crippen LogP) is 1.91. The van der Waals surface area contributed by atoms with Gasteiger partial charge in [0, 0.05) is 11.3 Å². The monoisotopic (exact) mass is 225 g/mol. The third-order valence-electron chi connectivity index (χ3n) is 2.74. The first-order chi connectivity index (χ1) is 8.25. The van der Waals surface area contributed by atoms with Crippen molar-refractivity contribution in [3.63, 3.8) is 0 Å². The predicted molar refractivity (Wildman–Crippen MR) is 66.3 cm³/mol. The van der Waals surface area contributed by atoms with Crippen molar-refractivity contribution in [1.29, 1.82) is 0 Å². The average molecular weight is 225 g/mol. The number of aromatic nitrogens is 4. The lowest BCUT2D eigenvalue weighted by atomic mass is 10.1. The van der Waals surface area contributed by atoms with E-state index in [0.29, 0.717) is 5.65 Å². The van der Waals surface area contributed by atoms with E-state index >= 15 is 0 Å². The van der Waals surface area contributed by atoms with E-state index in [9.17, 15) is 0 Å². The summed E-state index contributed by atoms with van der Waals surface area (Å²) in [6.07, 6.45) is 3.18. The van der Waals surface area contributed by atoms with Crippen LogP contribution in [0.5, 0.6) is 0 Å². The molecule has 3 aromatic rings. The minimum Gasteiger partial charge on any atom is -0.398 e. The Labute approximate surface area is 97.7 Å². The van der Waals surface area contributed by atoms with Crippen LogP contribution in [0, 0.1) is 6.92 Å². The first kappa shape index (κ1) is 9.77. The first-order valence-corrected chi connectivity index (χ1v) is 5.27. The molecule has 2 heterocycles. The van der Waals surface area contributed by atoms with Gasteiger partial charge in [-0.2, -0.15) is 0 Å². The minimum absolute atomic E-state index is 0.649. The number of anilines is 1. The van der Waals surface area contributed by atoms with E-state index < -0.39 is 0 Å². The second-order valence-corrected chi connectivity index (χ2v) is 3.88. The van der Waals surface area contributed by atoms with Gasteiger partial charge >= 0.3 is 0 Å². The Hall–Kier alpha value is -2.43. The largest absolute Gasteiger partial charge is 0.398 e. The van der Waals surface area contributed by atoms with E-state index in [4.69, 9.17) is 5.73 Å². The summed E-state index contributed by atoms with van der Waals surface area (Å²) < 4.78 is 0. The summed E-state index contributed by atoms with van der Waals surface area (Å²) in [4.78, 5) is 15.6. The van der Waals surface area contributed by atoms with E-state index in [-0.39, 0.29) is 0 Å². The zero-order valence-electron chi connectivity index (χ0n) is 9.31. The van der Waals surface area contributed by atoms with Gasteiger partial charge in [0.05, 0.1) is 6.20 Å². The van der Waals surface area contributed by atoms with Crippen LogP contribution in [0.3, 0.4) is 0 Å². The number of rotatable bonds is 1. The molecule has 3 rings (SSSR count). The molecule has 17 heavy (non-hydrogen) atoms. The average Bonchev–Trinajstić information content (AvgIpc) is 2.76. The van der Waals surface area contributed by atoms with Gasteiger partial charge in [-0.1, -0.05) is 12.1 Å². The van der Waals surface area contributed by atoms with Crippen LogP contribution in [-0.2, 0) is 0 Å². The second kappa shape index (κ2) is 3.55. The molecule has 0 aliphatic heterocycles. The fourth-order valence-electron chi connectivity index (χ4n) is 1.78. The van der Waals surface area contributed by atoms with E-state index in [1.165, 1.54) is 6.33 Å². The number of para-hydroxylation sites is 1. The maximum absolute atomic E-state index is 6.04. The third-order valence-corrected chi connectivity index (χ3v) is 2.74. The van der Waals surface area contributed by atoms with Crippen LogP contribution < -0.4 is 5.73 Å². The van der Waals surface area contributed by atoms with Crippen LogP contribution in [0.1, 0.15) is 5.56 Å². The van der Waals surface area contributed by atoms with Gasteiger partial charge in [-0.15, -0.1) is 0 Å². The molecule has 0 radical (unpaired) electrons. The molecule has 0 saturated carbocycles. The molecule has 5 heteroatoms. The van der Waals surface area contributed by atoms with Gasteiger partial charge < -0.3 is 10.7 Å². The standard InChI is InChI=1S/C12H11N5/c1-7-3-2-4-8(10(7)13)11-16-9-5-14-6-15-12(9)17-11/h2-6H,13H2,1H3,(H,14,15,16,17). The second-order valence-electron chi connectivity index (χ2n) is 3.88. The number of benzene rings is 1. The molecule has 0 spiro atoms. The molecule has 0 atom stereocenters. The molecule has 0 unspecified atom stereocenters. The van der Waals surface area contributed by atoms with Gasteiger partial charge in [0.2, 0.25) is 0 Å². The van der Waals surface area contributed by atoms with Crippen molar-refractivity contribution in [3.05, 3.63) is 36.3 Å². The van der Waals surface area contributed by atoms with Crippen LogP contribution in [-0.4, -0.2) is 19.9 Å². The van der Waals surface area contributed by atoms with Gasteiger partial charge in [0.15, 0.2) is 5.65 Å². The van der Waals surface area contributed by atoms with E-state index in [1.807, 2.05) is 25.1 Å². The smallest absolute Gasteiger partial charge is 0.181 e. The number of nitrogen functional groups attached to an aromatic ring is 1. The summed E-state index contributed by atoms with van der Waals surface area (Å²) in [5.74, 6) is 0.724. The van der Waals surface area contributed by atoms with Crippen LogP contribution >= 0.6 is 0 Å². The van der Waals surface area contributed by atoms with Gasteiger partial charge in [0.25, 0.3) is 0 Å². The lowest BCUT2D eigenvalue weighted by Crippen LogP contribution is -1.94. The SMILES string of the molecule is Cc1cccc(-c2nc3ncncc3[nH]2)c1N. The van der Waals surface area contributed by atoms with E-state index in [0.717, 1.165) is 28.2 Å². The molecule has 84 valence electrons. The lowest BCUT2D eigenvalue weighted by molar-refractivity contribution is 1.20. The molecule has 0 aliphatic carbocycles. The number of nitrogens with two attached hydrogens (primary N) is 1. The molecule has 2 aromatic heterocycles. The van der Waals surface area contributed by atoms with Gasteiger partial charge in [-0.3, -0.25) is 0 Å². The summed E-state index contributed by atoms with van der Waals surface area (Å²) in [5, 5.41) is 0. The number of hydrogen-bond acceptors (Lipinski definition) is 4. The van der Waals surface area contributed by atoms with Crippen molar-refractivity contribution in [2.45, 2.75) is 6.92 Å². The highest BCUT2D eigenvalue weighted by molar-refractivity contribution is 5.80. The van der Waals surface area contributed by atoms with Gasteiger partial charge in [-0.25, -0.2) is 15.0 Å². The number of fused-ring (bicyclic) bond motifs is 1. The molecule has 0 amide bonds. The van der Waals surface area contributed by atoms with Crippen molar-refractivity contribution in [3.8, 4) is 11.4 Å². The Balaban J connectivity index is 2.24. The summed E-state index contributed by atoms with van der Waals surface area (Å²) in [6.45, 7) is 1.97. The Bertz CT molecular complexity index is 653. The number of hydrogen-bond donors (Lipinski definition) is 2. The fourth-order valence-corrected chi connectivity index (χ4v) is 1.78. The Morgan fingerprint density at radius 1 is 1.29 bits per heavy atom. The third kappa shape index (κ3) is 1.52. The van der Waals surface area contributed by atoms with Crippen LogP contribution in [0.25, 0.3) is 22.6 Å². The number of nitrogens with one attached hydrogen (secondary N) is 1. The Kier molecular flexibility index (Phi) is 2.04. The van der Waals surface area contributed by atoms with E-state index in [1.54, 1.807) is 6.20 Å². The minimum atomic E-state index is 0.649. The topological polar surface area (TPSA) is 80.5 Å². The van der Waals surface area contributed by atoms with Crippen molar-refractivity contribution in [2.24, 2.45) is 0 Å². The quantitative estimate of drug-likeness (QED) is 0.620. The summed E-state index contributed by atoms with van der Waals surface area (Å²) in [6, 6.07) is 5.87. The zero-order chi connectivity index (χ0) is 11.8. The molecule has 0 saturated heterocycles. The highest BCUT2D eigenvalue weighted by atomic mass is 15.0. The van der Waals surface area contributed by atoms with Gasteiger partial charge in [0.1, 0.15) is 17.7 Å². The van der Waals surface area contributed by atoms with Crippen molar-refractivity contribution >= 4 is 16.9 Å². The molecule has 3 N–H and O–H groups in total. The normalized spacial score (nSPS) is 10.9. The Morgan fingerprint density at radius 3 is 3.00 bits per heavy atom. The zero-order valence-corrected chi connectivity index (χ0v) is 9.31. The van der Waals surface area contributed by atoms with Crippen molar-refractivity contribution in [1.82, 2.24) is 19.9 Å². The maximum Gasteiger partial charge on any atom is 0.181 e. The molecular weight excluding hydrogens is 214 g/mol. The summed E-state index contributed by atoms with van der Waals surface area (Å²) >= 11 is 0. The summed E-state index contributed by atoms with van der Waals surface area (Å²) in [5.41, 5.74) is 10.2. The number of nitrogens with zero attached hydrogens (tertiary/aromatic N) is 3. The number of aromatic amines is 1. The highest BCUT2D eigenvalue weighted by Gasteiger charge is 2.09. The molecule has 0 fully saturated rings. The van der Waals surface area contributed by atoms with Gasteiger partial charge in [-0.05, 0) is 18.6 Å². The van der Waals surface area contributed by atoms with Crippen molar-refractivity contribution < 1.29 is 0 Å². The number of H-pyrrole nitrogens is 1. The highest BCUT2D eigenvalue weighted by Crippen LogP contribution is 2.26. The van der Waals surface area contributed by atoms with Crippen LogP contribution in [0.4, 0.5) is 5.69 Å². The number of aryl methyl sites for hydroxylation is 1. The number of imidazole rings is 1. The fraction of sp³-hybridized carbons (Fsp3) is 0.0833.